The van der Waals surface area contributed by atoms with Crippen molar-refractivity contribution in [1.82, 2.24) is 0 Å². The number of aldehydes is 1. The second-order valence-electron chi connectivity index (χ2n) is 5.67. The Morgan fingerprint density at radius 3 is 2.35 bits per heavy atom. The van der Waals surface area contributed by atoms with E-state index in [9.17, 15) is 4.79 Å². The lowest BCUT2D eigenvalue weighted by atomic mass is 10.2. The monoisotopic (exact) mass is 270 g/mol. The van der Waals surface area contributed by atoms with E-state index in [2.05, 4.69) is 33.9 Å². The van der Waals surface area contributed by atoms with Crippen molar-refractivity contribution in [3.8, 4) is 5.75 Å². The van der Waals surface area contributed by atoms with Crippen LogP contribution in [0.1, 0.15) is 31.1 Å². The molecule has 0 bridgehead atoms. The van der Waals surface area contributed by atoms with Crippen LogP contribution in [0.2, 0.25) is 23.2 Å². The SMILES string of the molecule is CC(C)(C)[Si](C)(C)Oc1cc(C=O)ccc1Cl. The second-order valence-corrected chi connectivity index (χ2v) is 10.8. The summed E-state index contributed by atoms with van der Waals surface area (Å²) in [6, 6.07) is 5.09. The van der Waals surface area contributed by atoms with Crippen molar-refractivity contribution in [2.75, 3.05) is 0 Å². The first kappa shape index (κ1) is 14.3. The zero-order chi connectivity index (χ0) is 13.3. The molecule has 0 saturated carbocycles. The van der Waals surface area contributed by atoms with E-state index in [0.717, 1.165) is 6.29 Å². The van der Waals surface area contributed by atoms with Crippen molar-refractivity contribution in [2.45, 2.75) is 38.9 Å². The third kappa shape index (κ3) is 3.33. The van der Waals surface area contributed by atoms with Crippen LogP contribution >= 0.6 is 11.6 Å². The minimum absolute atomic E-state index is 0.105. The Bertz CT molecular complexity index is 422. The predicted octanol–water partition coefficient (Wildman–Crippen LogP) is 4.54. The highest BCUT2D eigenvalue weighted by atomic mass is 35.5. The summed E-state index contributed by atoms with van der Waals surface area (Å²) >= 11 is 6.09. The van der Waals surface area contributed by atoms with Crippen LogP contribution in [0.25, 0.3) is 0 Å². The van der Waals surface area contributed by atoms with Crippen LogP contribution in [-0.4, -0.2) is 14.6 Å². The van der Waals surface area contributed by atoms with Crippen LogP contribution in [0.5, 0.6) is 5.75 Å². The summed E-state index contributed by atoms with van der Waals surface area (Å²) in [5.74, 6) is 0.614. The molecule has 1 aromatic rings. The summed E-state index contributed by atoms with van der Waals surface area (Å²) in [4.78, 5) is 10.7. The van der Waals surface area contributed by atoms with E-state index in [4.69, 9.17) is 16.0 Å². The Morgan fingerprint density at radius 1 is 1.29 bits per heavy atom. The lowest BCUT2D eigenvalue weighted by molar-refractivity contribution is 0.112. The average molecular weight is 271 g/mol. The van der Waals surface area contributed by atoms with Crippen LogP contribution < -0.4 is 4.43 Å². The largest absolute Gasteiger partial charge is 0.542 e. The number of hydrogen-bond acceptors (Lipinski definition) is 2. The fourth-order valence-electron chi connectivity index (χ4n) is 1.10. The van der Waals surface area contributed by atoms with E-state index in [0.29, 0.717) is 16.3 Å². The summed E-state index contributed by atoms with van der Waals surface area (Å²) in [7, 11) is -1.91. The molecule has 4 heteroatoms. The van der Waals surface area contributed by atoms with Crippen LogP contribution in [0, 0.1) is 0 Å². The Labute approximate surface area is 109 Å². The average Bonchev–Trinajstić information content (AvgIpc) is 2.19. The molecule has 0 radical (unpaired) electrons. The van der Waals surface area contributed by atoms with Crippen molar-refractivity contribution in [3.05, 3.63) is 28.8 Å². The van der Waals surface area contributed by atoms with Crippen molar-refractivity contribution >= 4 is 26.2 Å². The van der Waals surface area contributed by atoms with Crippen LogP contribution in [0.3, 0.4) is 0 Å². The number of carbonyl (C=O) groups is 1. The van der Waals surface area contributed by atoms with Gasteiger partial charge < -0.3 is 4.43 Å². The lowest BCUT2D eigenvalue weighted by Crippen LogP contribution is -2.43. The second kappa shape index (κ2) is 4.82. The van der Waals surface area contributed by atoms with Gasteiger partial charge in [-0.15, -0.1) is 0 Å². The maximum atomic E-state index is 10.7. The molecule has 0 N–H and O–H groups in total. The number of benzene rings is 1. The highest BCUT2D eigenvalue weighted by Gasteiger charge is 2.39. The van der Waals surface area contributed by atoms with Gasteiger partial charge in [-0.05, 0) is 36.3 Å². The lowest BCUT2D eigenvalue weighted by Gasteiger charge is -2.36. The van der Waals surface area contributed by atoms with Crippen LogP contribution in [-0.2, 0) is 0 Å². The normalized spacial score (nSPS) is 12.4. The van der Waals surface area contributed by atoms with Gasteiger partial charge in [0.2, 0.25) is 0 Å². The molecule has 0 aromatic heterocycles. The van der Waals surface area contributed by atoms with Crippen molar-refractivity contribution in [2.24, 2.45) is 0 Å². The van der Waals surface area contributed by atoms with Crippen LogP contribution in [0.15, 0.2) is 18.2 Å². The fourth-order valence-corrected chi connectivity index (χ4v) is 2.35. The molecular weight excluding hydrogens is 252 g/mol. The molecule has 0 saturated heterocycles. The van der Waals surface area contributed by atoms with Gasteiger partial charge in [-0.3, -0.25) is 4.79 Å². The molecule has 0 amide bonds. The van der Waals surface area contributed by atoms with E-state index >= 15 is 0 Å². The topological polar surface area (TPSA) is 26.3 Å². The number of halogens is 1. The highest BCUT2D eigenvalue weighted by molar-refractivity contribution is 6.74. The summed E-state index contributed by atoms with van der Waals surface area (Å²) in [5.41, 5.74) is 0.586. The summed E-state index contributed by atoms with van der Waals surface area (Å²) in [6.07, 6.45) is 0.800. The van der Waals surface area contributed by atoms with Gasteiger partial charge in [-0.2, -0.15) is 0 Å². The van der Waals surface area contributed by atoms with Crippen molar-refractivity contribution < 1.29 is 9.22 Å². The first-order valence-electron chi connectivity index (χ1n) is 5.61. The molecule has 0 heterocycles. The van der Waals surface area contributed by atoms with Gasteiger partial charge in [0.05, 0.1) is 5.02 Å². The van der Waals surface area contributed by atoms with E-state index in [1.807, 2.05) is 0 Å². The Hall–Kier alpha value is -0.803. The van der Waals surface area contributed by atoms with Gasteiger partial charge in [-0.1, -0.05) is 32.4 Å². The zero-order valence-electron chi connectivity index (χ0n) is 11.0. The molecule has 0 atom stereocenters. The van der Waals surface area contributed by atoms with E-state index in [1.165, 1.54) is 0 Å². The molecule has 0 aliphatic heterocycles. The summed E-state index contributed by atoms with van der Waals surface area (Å²) < 4.78 is 6.09. The van der Waals surface area contributed by atoms with E-state index in [-0.39, 0.29) is 5.04 Å². The molecule has 0 unspecified atom stereocenters. The first-order chi connectivity index (χ1) is 7.67. The van der Waals surface area contributed by atoms with Gasteiger partial charge in [0.15, 0.2) is 0 Å². The fraction of sp³-hybridized carbons (Fsp3) is 0.462. The van der Waals surface area contributed by atoms with Gasteiger partial charge in [0, 0.05) is 5.56 Å². The Balaban J connectivity index is 3.06. The summed E-state index contributed by atoms with van der Waals surface area (Å²) in [6.45, 7) is 10.8. The summed E-state index contributed by atoms with van der Waals surface area (Å²) in [5, 5.41) is 0.661. The number of carbonyl (C=O) groups excluding carboxylic acids is 1. The molecule has 1 rings (SSSR count). The first-order valence-corrected chi connectivity index (χ1v) is 8.90. The van der Waals surface area contributed by atoms with E-state index in [1.54, 1.807) is 18.2 Å². The minimum atomic E-state index is -1.91. The molecule has 0 fully saturated rings. The molecular formula is C13H19ClO2Si. The number of rotatable bonds is 3. The molecule has 17 heavy (non-hydrogen) atoms. The van der Waals surface area contributed by atoms with Gasteiger partial charge in [-0.25, -0.2) is 0 Å². The van der Waals surface area contributed by atoms with Crippen molar-refractivity contribution in [1.29, 1.82) is 0 Å². The third-order valence-corrected chi connectivity index (χ3v) is 7.92. The number of hydrogen-bond donors (Lipinski definition) is 0. The van der Waals surface area contributed by atoms with Crippen LogP contribution in [0.4, 0.5) is 0 Å². The Morgan fingerprint density at radius 2 is 1.88 bits per heavy atom. The van der Waals surface area contributed by atoms with Gasteiger partial charge in [0.1, 0.15) is 12.0 Å². The molecule has 0 aliphatic carbocycles. The maximum Gasteiger partial charge on any atom is 0.250 e. The molecule has 1 aromatic carbocycles. The standard InChI is InChI=1S/C13H19ClO2Si/c1-13(2,3)17(4,5)16-12-8-10(9-15)6-7-11(12)14/h6-9H,1-5H3. The molecule has 0 aliphatic rings. The van der Waals surface area contributed by atoms with Gasteiger partial charge >= 0.3 is 0 Å². The predicted molar refractivity (Wildman–Crippen MR) is 74.7 cm³/mol. The zero-order valence-corrected chi connectivity index (χ0v) is 12.8. The van der Waals surface area contributed by atoms with E-state index < -0.39 is 8.32 Å². The smallest absolute Gasteiger partial charge is 0.250 e. The van der Waals surface area contributed by atoms with Gasteiger partial charge in [0.25, 0.3) is 8.32 Å². The third-order valence-electron chi connectivity index (χ3n) is 3.26. The molecule has 0 spiro atoms. The molecule has 94 valence electrons. The minimum Gasteiger partial charge on any atom is -0.542 e. The quantitative estimate of drug-likeness (QED) is 0.596. The van der Waals surface area contributed by atoms with Crippen molar-refractivity contribution in [3.63, 3.8) is 0 Å². The maximum absolute atomic E-state index is 10.7. The Kier molecular flexibility index (Phi) is 4.05. The highest BCUT2D eigenvalue weighted by Crippen LogP contribution is 2.39. The molecule has 2 nitrogen and oxygen atoms in total.